The van der Waals surface area contributed by atoms with Gasteiger partial charge in [-0.3, -0.25) is 4.79 Å². The molecule has 1 aromatic rings. The number of likely N-dealkylation sites (tertiary alicyclic amines) is 1. The zero-order valence-electron chi connectivity index (χ0n) is 13.9. The van der Waals surface area contributed by atoms with Crippen LogP contribution in [0.2, 0.25) is 0 Å². The van der Waals surface area contributed by atoms with Crippen LogP contribution in [0.3, 0.4) is 0 Å². The third-order valence-electron chi connectivity index (χ3n) is 3.91. The summed E-state index contributed by atoms with van der Waals surface area (Å²) in [5.74, 6) is -0.00967. The molecule has 1 aromatic carbocycles. The van der Waals surface area contributed by atoms with Gasteiger partial charge in [0, 0.05) is 42.3 Å². The molecule has 2 N–H and O–H groups in total. The Morgan fingerprint density at radius 3 is 2.75 bits per heavy atom. The van der Waals surface area contributed by atoms with Crippen molar-refractivity contribution in [2.75, 3.05) is 31.6 Å². The van der Waals surface area contributed by atoms with Crippen molar-refractivity contribution in [3.63, 3.8) is 0 Å². The van der Waals surface area contributed by atoms with E-state index in [0.717, 1.165) is 23.0 Å². The molecule has 1 heterocycles. The summed E-state index contributed by atoms with van der Waals surface area (Å²) in [7, 11) is 0. The first kappa shape index (κ1) is 18.7. The van der Waals surface area contributed by atoms with Crippen molar-refractivity contribution in [1.82, 2.24) is 10.2 Å². The highest BCUT2D eigenvalue weighted by Crippen LogP contribution is 2.16. The van der Waals surface area contributed by atoms with Crippen molar-refractivity contribution in [2.24, 2.45) is 0 Å². The number of carbonyl (C=O) groups excluding carboxylic acids is 2. The van der Waals surface area contributed by atoms with E-state index in [1.165, 1.54) is 0 Å². The summed E-state index contributed by atoms with van der Waals surface area (Å²) in [6.45, 7) is 4.24. The maximum atomic E-state index is 11.9. The Balaban J connectivity index is 1.63. The molecule has 24 heavy (non-hydrogen) atoms. The van der Waals surface area contributed by atoms with Crippen LogP contribution in [0.5, 0.6) is 0 Å². The van der Waals surface area contributed by atoms with Gasteiger partial charge in [-0.15, -0.1) is 0 Å². The summed E-state index contributed by atoms with van der Waals surface area (Å²) >= 11 is 3.38. The van der Waals surface area contributed by atoms with E-state index in [4.69, 9.17) is 4.74 Å². The first-order chi connectivity index (χ1) is 11.6. The van der Waals surface area contributed by atoms with E-state index in [2.05, 4.69) is 26.6 Å². The van der Waals surface area contributed by atoms with E-state index >= 15 is 0 Å². The summed E-state index contributed by atoms with van der Waals surface area (Å²) in [6, 6.07) is 7.88. The number of hydrogen-bond acceptors (Lipinski definition) is 4. The predicted molar refractivity (Wildman–Crippen MR) is 97.0 cm³/mol. The average molecular weight is 398 g/mol. The molecule has 0 saturated carbocycles. The van der Waals surface area contributed by atoms with Gasteiger partial charge < -0.3 is 20.3 Å². The lowest BCUT2D eigenvalue weighted by molar-refractivity contribution is -0.116. The monoisotopic (exact) mass is 397 g/mol. The molecule has 0 atom stereocenters. The number of nitrogens with one attached hydrogen (secondary N) is 2. The SMILES string of the molecule is CCOC(=O)N1CCC(NCCC(=O)Nc2cccc(Br)c2)CC1. The molecule has 6 nitrogen and oxygen atoms in total. The molecule has 1 saturated heterocycles. The molecule has 2 rings (SSSR count). The van der Waals surface area contributed by atoms with Gasteiger partial charge in [-0.05, 0) is 38.0 Å². The van der Waals surface area contributed by atoms with Crippen molar-refractivity contribution in [2.45, 2.75) is 32.2 Å². The largest absolute Gasteiger partial charge is 0.450 e. The van der Waals surface area contributed by atoms with Gasteiger partial charge in [-0.1, -0.05) is 22.0 Å². The Kier molecular flexibility index (Phi) is 7.52. The third-order valence-corrected chi connectivity index (χ3v) is 4.41. The van der Waals surface area contributed by atoms with Crippen LogP contribution in [0.15, 0.2) is 28.7 Å². The second-order valence-corrected chi connectivity index (χ2v) is 6.64. The molecule has 132 valence electrons. The lowest BCUT2D eigenvalue weighted by Crippen LogP contribution is -2.45. The highest BCUT2D eigenvalue weighted by atomic mass is 79.9. The summed E-state index contributed by atoms with van der Waals surface area (Å²) in [5, 5.41) is 6.27. The zero-order valence-corrected chi connectivity index (χ0v) is 15.5. The number of rotatable bonds is 6. The molecule has 0 unspecified atom stereocenters. The lowest BCUT2D eigenvalue weighted by Gasteiger charge is -2.31. The molecule has 1 aliphatic heterocycles. The molecule has 0 bridgehead atoms. The summed E-state index contributed by atoms with van der Waals surface area (Å²) in [5.41, 5.74) is 0.789. The standard InChI is InChI=1S/C17H24BrN3O3/c1-2-24-17(23)21-10-7-14(8-11-21)19-9-6-16(22)20-15-5-3-4-13(18)12-15/h3-5,12,14,19H,2,6-11H2,1H3,(H,20,22). The third kappa shape index (κ3) is 6.13. The molecular formula is C17H24BrN3O3. The number of ether oxygens (including phenoxy) is 1. The van der Waals surface area contributed by atoms with E-state index in [9.17, 15) is 9.59 Å². The number of anilines is 1. The van der Waals surface area contributed by atoms with Crippen molar-refractivity contribution in [3.8, 4) is 0 Å². The first-order valence-corrected chi connectivity index (χ1v) is 9.08. The van der Waals surface area contributed by atoms with Crippen LogP contribution in [-0.4, -0.2) is 49.2 Å². The van der Waals surface area contributed by atoms with E-state index in [1.54, 1.807) is 4.90 Å². The van der Waals surface area contributed by atoms with Crippen LogP contribution < -0.4 is 10.6 Å². The fraction of sp³-hybridized carbons (Fsp3) is 0.529. The topological polar surface area (TPSA) is 70.7 Å². The number of amides is 2. The molecule has 0 aromatic heterocycles. The van der Waals surface area contributed by atoms with Crippen LogP contribution in [0.4, 0.5) is 10.5 Å². The fourth-order valence-corrected chi connectivity index (χ4v) is 3.06. The van der Waals surface area contributed by atoms with Crippen LogP contribution in [0, 0.1) is 0 Å². The zero-order chi connectivity index (χ0) is 17.4. The van der Waals surface area contributed by atoms with Crippen molar-refractivity contribution in [1.29, 1.82) is 0 Å². The van der Waals surface area contributed by atoms with E-state index < -0.39 is 0 Å². The van der Waals surface area contributed by atoms with Gasteiger partial charge in [0.15, 0.2) is 0 Å². The summed E-state index contributed by atoms with van der Waals surface area (Å²) in [4.78, 5) is 25.3. The molecule has 2 amide bonds. The second-order valence-electron chi connectivity index (χ2n) is 5.72. The highest BCUT2D eigenvalue weighted by molar-refractivity contribution is 9.10. The minimum absolute atomic E-state index is 0.00967. The maximum absolute atomic E-state index is 11.9. The Morgan fingerprint density at radius 1 is 1.33 bits per heavy atom. The lowest BCUT2D eigenvalue weighted by atomic mass is 10.1. The number of hydrogen-bond donors (Lipinski definition) is 2. The van der Waals surface area contributed by atoms with Crippen LogP contribution in [0.25, 0.3) is 0 Å². The van der Waals surface area contributed by atoms with E-state index in [-0.39, 0.29) is 12.0 Å². The molecule has 1 fully saturated rings. The van der Waals surface area contributed by atoms with Crippen LogP contribution in [0.1, 0.15) is 26.2 Å². The normalized spacial score (nSPS) is 15.2. The first-order valence-electron chi connectivity index (χ1n) is 8.29. The van der Waals surface area contributed by atoms with E-state index in [1.807, 2.05) is 31.2 Å². The Bertz CT molecular complexity index is 560. The van der Waals surface area contributed by atoms with E-state index in [0.29, 0.717) is 38.7 Å². The molecule has 7 heteroatoms. The van der Waals surface area contributed by atoms with Gasteiger partial charge in [-0.25, -0.2) is 4.79 Å². The van der Waals surface area contributed by atoms with Crippen LogP contribution >= 0.6 is 15.9 Å². The molecule has 0 aliphatic carbocycles. The van der Waals surface area contributed by atoms with Crippen molar-refractivity contribution < 1.29 is 14.3 Å². The Hall–Kier alpha value is -1.60. The summed E-state index contributed by atoms with van der Waals surface area (Å²) in [6.07, 6.45) is 1.95. The quantitative estimate of drug-likeness (QED) is 0.773. The van der Waals surface area contributed by atoms with Crippen LogP contribution in [-0.2, 0) is 9.53 Å². The second kappa shape index (κ2) is 9.64. The van der Waals surface area contributed by atoms with Gasteiger partial charge in [0.25, 0.3) is 0 Å². The minimum atomic E-state index is -0.232. The van der Waals surface area contributed by atoms with Gasteiger partial charge >= 0.3 is 6.09 Å². The smallest absolute Gasteiger partial charge is 0.409 e. The van der Waals surface area contributed by atoms with Gasteiger partial charge in [0.05, 0.1) is 6.61 Å². The number of halogens is 1. The predicted octanol–water partition coefficient (Wildman–Crippen LogP) is 2.99. The number of carbonyl (C=O) groups is 2. The average Bonchev–Trinajstić information content (AvgIpc) is 2.55. The molecule has 1 aliphatic rings. The molecular weight excluding hydrogens is 374 g/mol. The Labute approximate surface area is 151 Å². The van der Waals surface area contributed by atoms with Gasteiger partial charge in [0.1, 0.15) is 0 Å². The summed E-state index contributed by atoms with van der Waals surface area (Å²) < 4.78 is 5.94. The highest BCUT2D eigenvalue weighted by Gasteiger charge is 2.23. The van der Waals surface area contributed by atoms with Gasteiger partial charge in [-0.2, -0.15) is 0 Å². The molecule has 0 radical (unpaired) electrons. The minimum Gasteiger partial charge on any atom is -0.450 e. The number of benzene rings is 1. The van der Waals surface area contributed by atoms with Gasteiger partial charge in [0.2, 0.25) is 5.91 Å². The van der Waals surface area contributed by atoms with Crippen molar-refractivity contribution >= 4 is 33.6 Å². The maximum Gasteiger partial charge on any atom is 0.409 e. The fourth-order valence-electron chi connectivity index (χ4n) is 2.66. The number of piperidine rings is 1. The Morgan fingerprint density at radius 2 is 2.08 bits per heavy atom. The number of nitrogens with zero attached hydrogens (tertiary/aromatic N) is 1. The molecule has 0 spiro atoms. The van der Waals surface area contributed by atoms with Crippen molar-refractivity contribution in [3.05, 3.63) is 28.7 Å².